The Morgan fingerprint density at radius 1 is 1.50 bits per heavy atom. The molecule has 0 heterocycles. The topological polar surface area (TPSA) is 67.6 Å². The Morgan fingerprint density at radius 3 is 2.50 bits per heavy atom. The summed E-state index contributed by atoms with van der Waals surface area (Å²) in [5.74, 6) is 4.87. The highest BCUT2D eigenvalue weighted by molar-refractivity contribution is 5.75. The van der Waals surface area contributed by atoms with E-state index < -0.39 is 0 Å². The molecule has 0 aromatic heterocycles. The summed E-state index contributed by atoms with van der Waals surface area (Å²) >= 11 is 0. The van der Waals surface area contributed by atoms with Crippen LogP contribution in [0, 0.1) is 0 Å². The second-order valence-corrected chi connectivity index (χ2v) is 3.59. The molecule has 0 aromatic rings. The SMILES string of the molecule is COCC(C)N(C)C(C)CC(=O)NN. The zero-order valence-corrected chi connectivity index (χ0v) is 9.41. The highest BCUT2D eigenvalue weighted by atomic mass is 16.5. The average molecular weight is 203 g/mol. The van der Waals surface area contributed by atoms with Crippen molar-refractivity contribution in [2.75, 3.05) is 20.8 Å². The van der Waals surface area contributed by atoms with Crippen LogP contribution in [0.25, 0.3) is 0 Å². The van der Waals surface area contributed by atoms with Crippen LogP contribution in [0.5, 0.6) is 0 Å². The Hall–Kier alpha value is -0.650. The first kappa shape index (κ1) is 13.4. The van der Waals surface area contributed by atoms with Gasteiger partial charge in [0.2, 0.25) is 5.91 Å². The number of likely N-dealkylation sites (N-methyl/N-ethyl adjacent to an activating group) is 1. The van der Waals surface area contributed by atoms with Crippen molar-refractivity contribution in [2.45, 2.75) is 32.4 Å². The van der Waals surface area contributed by atoms with Crippen LogP contribution in [0.4, 0.5) is 0 Å². The second-order valence-electron chi connectivity index (χ2n) is 3.59. The molecule has 1 amide bonds. The molecule has 0 radical (unpaired) electrons. The second kappa shape index (κ2) is 6.75. The van der Waals surface area contributed by atoms with Gasteiger partial charge in [-0.2, -0.15) is 0 Å². The van der Waals surface area contributed by atoms with Crippen LogP contribution in [0.3, 0.4) is 0 Å². The molecule has 2 atom stereocenters. The molecule has 5 nitrogen and oxygen atoms in total. The number of nitrogens with two attached hydrogens (primary N) is 1. The third-order valence-corrected chi connectivity index (χ3v) is 2.44. The quantitative estimate of drug-likeness (QED) is 0.354. The van der Waals surface area contributed by atoms with E-state index >= 15 is 0 Å². The molecule has 0 aromatic carbocycles. The zero-order chi connectivity index (χ0) is 11.1. The monoisotopic (exact) mass is 203 g/mol. The van der Waals surface area contributed by atoms with E-state index in [2.05, 4.69) is 17.2 Å². The van der Waals surface area contributed by atoms with Gasteiger partial charge in [0.25, 0.3) is 0 Å². The minimum Gasteiger partial charge on any atom is -0.383 e. The number of nitrogens with one attached hydrogen (secondary N) is 1. The van der Waals surface area contributed by atoms with E-state index in [0.29, 0.717) is 19.1 Å². The lowest BCUT2D eigenvalue weighted by Crippen LogP contribution is -2.43. The van der Waals surface area contributed by atoms with E-state index in [4.69, 9.17) is 10.6 Å². The van der Waals surface area contributed by atoms with Crippen LogP contribution in [0.1, 0.15) is 20.3 Å². The Kier molecular flexibility index (Phi) is 6.44. The zero-order valence-electron chi connectivity index (χ0n) is 9.41. The lowest BCUT2D eigenvalue weighted by Gasteiger charge is -2.29. The summed E-state index contributed by atoms with van der Waals surface area (Å²) in [5.41, 5.74) is 2.12. The summed E-state index contributed by atoms with van der Waals surface area (Å²) in [5, 5.41) is 0. The maximum atomic E-state index is 11.0. The van der Waals surface area contributed by atoms with Crippen molar-refractivity contribution in [1.82, 2.24) is 10.3 Å². The molecular formula is C9H21N3O2. The molecule has 5 heteroatoms. The molecule has 0 bridgehead atoms. The van der Waals surface area contributed by atoms with Gasteiger partial charge in [-0.25, -0.2) is 5.84 Å². The number of amides is 1. The molecule has 0 saturated carbocycles. The number of hydrogen-bond donors (Lipinski definition) is 2. The van der Waals surface area contributed by atoms with E-state index in [1.807, 2.05) is 14.0 Å². The molecule has 3 N–H and O–H groups in total. The van der Waals surface area contributed by atoms with E-state index in [0.717, 1.165) is 0 Å². The van der Waals surface area contributed by atoms with Gasteiger partial charge >= 0.3 is 0 Å². The normalized spacial score (nSPS) is 15.3. The molecule has 0 aliphatic carbocycles. The number of hydrazine groups is 1. The van der Waals surface area contributed by atoms with Gasteiger partial charge in [-0.3, -0.25) is 15.1 Å². The molecule has 0 aliphatic heterocycles. The maximum absolute atomic E-state index is 11.0. The summed E-state index contributed by atoms with van der Waals surface area (Å²) in [6.07, 6.45) is 0.404. The minimum absolute atomic E-state index is 0.144. The Labute approximate surface area is 85.6 Å². The van der Waals surface area contributed by atoms with Gasteiger partial charge in [0.15, 0.2) is 0 Å². The van der Waals surface area contributed by atoms with Crippen LogP contribution in [0.2, 0.25) is 0 Å². The smallest absolute Gasteiger partial charge is 0.235 e. The number of rotatable bonds is 6. The van der Waals surface area contributed by atoms with Gasteiger partial charge in [-0.1, -0.05) is 0 Å². The van der Waals surface area contributed by atoms with Crippen LogP contribution in [-0.4, -0.2) is 43.7 Å². The molecule has 0 aliphatic rings. The minimum atomic E-state index is -0.144. The van der Waals surface area contributed by atoms with Crippen molar-refractivity contribution in [3.05, 3.63) is 0 Å². The highest BCUT2D eigenvalue weighted by Crippen LogP contribution is 2.06. The van der Waals surface area contributed by atoms with E-state index in [9.17, 15) is 4.79 Å². The van der Waals surface area contributed by atoms with Gasteiger partial charge in [-0.15, -0.1) is 0 Å². The Bertz CT molecular complexity index is 175. The number of hydrogen-bond acceptors (Lipinski definition) is 4. The van der Waals surface area contributed by atoms with Crippen LogP contribution < -0.4 is 11.3 Å². The third-order valence-electron chi connectivity index (χ3n) is 2.44. The van der Waals surface area contributed by atoms with Crippen molar-refractivity contribution >= 4 is 5.91 Å². The molecule has 0 spiro atoms. The van der Waals surface area contributed by atoms with Crippen molar-refractivity contribution in [2.24, 2.45) is 5.84 Å². The van der Waals surface area contributed by atoms with Gasteiger partial charge in [0, 0.05) is 25.6 Å². The first-order valence-corrected chi connectivity index (χ1v) is 4.73. The fraction of sp³-hybridized carbons (Fsp3) is 0.889. The Morgan fingerprint density at radius 2 is 2.07 bits per heavy atom. The third kappa shape index (κ3) is 4.55. The highest BCUT2D eigenvalue weighted by Gasteiger charge is 2.17. The molecule has 2 unspecified atom stereocenters. The number of carbonyl (C=O) groups is 1. The molecule has 84 valence electrons. The molecule has 0 rings (SSSR count). The first-order valence-electron chi connectivity index (χ1n) is 4.73. The number of carbonyl (C=O) groups excluding carboxylic acids is 1. The fourth-order valence-electron chi connectivity index (χ4n) is 1.26. The summed E-state index contributed by atoms with van der Waals surface area (Å²) in [6.45, 7) is 4.70. The molecule has 14 heavy (non-hydrogen) atoms. The summed E-state index contributed by atoms with van der Waals surface area (Å²) < 4.78 is 5.04. The van der Waals surface area contributed by atoms with Gasteiger partial charge in [0.1, 0.15) is 0 Å². The standard InChI is InChI=1S/C9H21N3O2/c1-7(5-9(13)11-10)12(3)8(2)6-14-4/h7-8H,5-6,10H2,1-4H3,(H,11,13). The molecular weight excluding hydrogens is 182 g/mol. The summed E-state index contributed by atoms with van der Waals surface area (Å²) in [6, 6.07) is 0.448. The molecule has 0 fully saturated rings. The van der Waals surface area contributed by atoms with Crippen molar-refractivity contribution in [3.8, 4) is 0 Å². The predicted molar refractivity (Wildman–Crippen MR) is 55.5 cm³/mol. The predicted octanol–water partition coefficient (Wildman–Crippen LogP) is -0.278. The van der Waals surface area contributed by atoms with Gasteiger partial charge in [-0.05, 0) is 20.9 Å². The number of methoxy groups -OCH3 is 1. The largest absolute Gasteiger partial charge is 0.383 e. The summed E-state index contributed by atoms with van der Waals surface area (Å²) in [4.78, 5) is 13.1. The molecule has 0 saturated heterocycles. The number of nitrogens with zero attached hydrogens (tertiary/aromatic N) is 1. The van der Waals surface area contributed by atoms with Crippen molar-refractivity contribution in [3.63, 3.8) is 0 Å². The lowest BCUT2D eigenvalue weighted by molar-refractivity contribution is -0.122. The first-order chi connectivity index (χ1) is 6.52. The van der Waals surface area contributed by atoms with Crippen LogP contribution in [-0.2, 0) is 9.53 Å². The van der Waals surface area contributed by atoms with Crippen LogP contribution in [0.15, 0.2) is 0 Å². The van der Waals surface area contributed by atoms with E-state index in [-0.39, 0.29) is 11.9 Å². The van der Waals surface area contributed by atoms with E-state index in [1.54, 1.807) is 7.11 Å². The van der Waals surface area contributed by atoms with Crippen molar-refractivity contribution in [1.29, 1.82) is 0 Å². The van der Waals surface area contributed by atoms with E-state index in [1.165, 1.54) is 0 Å². The average Bonchev–Trinajstić information content (AvgIpc) is 2.16. The Balaban J connectivity index is 3.97. The lowest BCUT2D eigenvalue weighted by atomic mass is 10.1. The van der Waals surface area contributed by atoms with Crippen molar-refractivity contribution < 1.29 is 9.53 Å². The number of ether oxygens (including phenoxy) is 1. The van der Waals surface area contributed by atoms with Gasteiger partial charge < -0.3 is 4.74 Å². The maximum Gasteiger partial charge on any atom is 0.235 e. The van der Waals surface area contributed by atoms with Crippen LogP contribution >= 0.6 is 0 Å². The fourth-order valence-corrected chi connectivity index (χ4v) is 1.26. The van der Waals surface area contributed by atoms with Gasteiger partial charge in [0.05, 0.1) is 6.61 Å². The summed E-state index contributed by atoms with van der Waals surface area (Å²) in [7, 11) is 3.64.